The highest BCUT2D eigenvalue weighted by Gasteiger charge is 2.41. The molecule has 5 heteroatoms. The molecule has 1 aromatic carbocycles. The van der Waals surface area contributed by atoms with Crippen LogP contribution in [0.25, 0.3) is 0 Å². The molecule has 0 bridgehead atoms. The Labute approximate surface area is 128 Å². The van der Waals surface area contributed by atoms with E-state index in [1.54, 1.807) is 11.0 Å². The van der Waals surface area contributed by atoms with Gasteiger partial charge in [-0.3, -0.25) is 9.59 Å². The highest BCUT2D eigenvalue weighted by Crippen LogP contribution is 2.35. The van der Waals surface area contributed by atoms with E-state index in [-0.39, 0.29) is 23.7 Å². The van der Waals surface area contributed by atoms with E-state index in [4.69, 9.17) is 4.74 Å². The smallest absolute Gasteiger partial charge is 0.303 e. The van der Waals surface area contributed by atoms with Crippen molar-refractivity contribution in [3.63, 3.8) is 0 Å². The maximum atomic E-state index is 12.1. The molecule has 0 aromatic heterocycles. The van der Waals surface area contributed by atoms with Crippen LogP contribution in [0.4, 0.5) is 0 Å². The molecule has 2 atom stereocenters. The number of nitrogens with zero attached hydrogens (tertiary/aromatic N) is 1. The van der Waals surface area contributed by atoms with Crippen LogP contribution in [0.5, 0.6) is 0 Å². The second-order valence-corrected chi connectivity index (χ2v) is 5.82. The van der Waals surface area contributed by atoms with Gasteiger partial charge in [0.25, 0.3) is 0 Å². The Morgan fingerprint density at radius 1 is 1.52 bits per heavy atom. The van der Waals surface area contributed by atoms with Crippen molar-refractivity contribution in [1.82, 2.24) is 4.90 Å². The van der Waals surface area contributed by atoms with Crippen LogP contribution >= 0.6 is 11.8 Å². The van der Waals surface area contributed by atoms with Crippen molar-refractivity contribution in [2.75, 3.05) is 6.54 Å². The fourth-order valence-corrected chi connectivity index (χ4v) is 3.42. The molecule has 0 saturated carbocycles. The number of rotatable bonds is 5. The monoisotopic (exact) mass is 303 g/mol. The molecule has 1 aliphatic heterocycles. The zero-order valence-electron chi connectivity index (χ0n) is 11.8. The lowest BCUT2D eigenvalue weighted by Gasteiger charge is -2.26. The third-order valence-corrected chi connectivity index (χ3v) is 4.41. The largest absolute Gasteiger partial charge is 0.459 e. The molecule has 0 N–H and O–H groups in total. The number of amides is 1. The second-order valence-electron chi connectivity index (χ2n) is 4.63. The molecule has 0 radical (unpaired) electrons. The predicted octanol–water partition coefficient (Wildman–Crippen LogP) is 2.61. The topological polar surface area (TPSA) is 46.6 Å². The van der Waals surface area contributed by atoms with Crippen molar-refractivity contribution in [2.24, 2.45) is 0 Å². The van der Waals surface area contributed by atoms with Crippen molar-refractivity contribution in [2.45, 2.75) is 29.7 Å². The minimum atomic E-state index is -0.432. The first kappa shape index (κ1) is 15.4. The molecule has 1 heterocycles. The van der Waals surface area contributed by atoms with Gasteiger partial charge in [-0.05, 0) is 18.2 Å². The van der Waals surface area contributed by atoms with Crippen LogP contribution in [0.2, 0.25) is 0 Å². The molecule has 21 heavy (non-hydrogen) atoms. The van der Waals surface area contributed by atoms with Crippen molar-refractivity contribution in [3.8, 4) is 0 Å². The van der Waals surface area contributed by atoms with Crippen molar-refractivity contribution in [1.29, 1.82) is 0 Å². The maximum Gasteiger partial charge on any atom is 0.303 e. The SMILES string of the molecule is C=C=CCN1C(=O)C[C@H](OC(C)=O)C1Sc1ccccc1. The fraction of sp³-hybridized carbons (Fsp3) is 0.312. The minimum Gasteiger partial charge on any atom is -0.459 e. The Morgan fingerprint density at radius 3 is 2.86 bits per heavy atom. The number of carbonyl (C=O) groups is 2. The summed E-state index contributed by atoms with van der Waals surface area (Å²) in [6.45, 7) is 5.30. The van der Waals surface area contributed by atoms with Crippen LogP contribution < -0.4 is 0 Å². The lowest BCUT2D eigenvalue weighted by molar-refractivity contribution is -0.146. The molecule has 1 fully saturated rings. The molecule has 1 aromatic rings. The van der Waals surface area contributed by atoms with Crippen LogP contribution in [-0.2, 0) is 14.3 Å². The number of likely N-dealkylation sites (tertiary alicyclic amines) is 1. The summed E-state index contributed by atoms with van der Waals surface area (Å²) in [5.41, 5.74) is 2.67. The maximum absolute atomic E-state index is 12.1. The van der Waals surface area contributed by atoms with E-state index in [1.807, 2.05) is 30.3 Å². The number of carbonyl (C=O) groups excluding carboxylic acids is 2. The third-order valence-electron chi connectivity index (χ3n) is 3.07. The lowest BCUT2D eigenvalue weighted by Crippen LogP contribution is -2.36. The number of esters is 1. The summed E-state index contributed by atoms with van der Waals surface area (Å²) in [5, 5.41) is -0.228. The molecule has 1 unspecified atom stereocenters. The fourth-order valence-electron chi connectivity index (χ4n) is 2.19. The number of hydrogen-bond donors (Lipinski definition) is 0. The van der Waals surface area contributed by atoms with Gasteiger partial charge in [-0.25, -0.2) is 0 Å². The van der Waals surface area contributed by atoms with E-state index in [0.29, 0.717) is 6.54 Å². The summed E-state index contributed by atoms with van der Waals surface area (Å²) in [6.07, 6.45) is 1.49. The van der Waals surface area contributed by atoms with Crippen LogP contribution in [0, 0.1) is 0 Å². The van der Waals surface area contributed by atoms with Crippen molar-refractivity contribution < 1.29 is 14.3 Å². The summed E-state index contributed by atoms with van der Waals surface area (Å²) in [7, 11) is 0. The summed E-state index contributed by atoms with van der Waals surface area (Å²) < 4.78 is 5.30. The van der Waals surface area contributed by atoms with Crippen molar-refractivity contribution in [3.05, 3.63) is 48.7 Å². The van der Waals surface area contributed by atoms with Gasteiger partial charge in [0.1, 0.15) is 11.5 Å². The molecule has 1 amide bonds. The predicted molar refractivity (Wildman–Crippen MR) is 81.7 cm³/mol. The average Bonchev–Trinajstić information content (AvgIpc) is 2.73. The van der Waals surface area contributed by atoms with Crippen LogP contribution in [0.3, 0.4) is 0 Å². The van der Waals surface area contributed by atoms with Gasteiger partial charge in [-0.2, -0.15) is 0 Å². The Kier molecular flexibility index (Phi) is 5.26. The Hall–Kier alpha value is -1.97. The highest BCUT2D eigenvalue weighted by atomic mass is 32.2. The zero-order valence-corrected chi connectivity index (χ0v) is 12.6. The molecule has 110 valence electrons. The molecule has 1 aliphatic rings. The summed E-state index contributed by atoms with van der Waals surface area (Å²) in [6, 6.07) is 9.76. The number of ether oxygens (including phenoxy) is 1. The molecule has 4 nitrogen and oxygen atoms in total. The van der Waals surface area contributed by atoms with Gasteiger partial charge in [0, 0.05) is 18.4 Å². The average molecular weight is 303 g/mol. The molecule has 2 rings (SSSR count). The Balaban J connectivity index is 2.20. The molecule has 1 saturated heterocycles. The molecule has 0 spiro atoms. The molecule has 0 aliphatic carbocycles. The van der Waals surface area contributed by atoms with Crippen LogP contribution in [0.1, 0.15) is 13.3 Å². The first-order valence-corrected chi connectivity index (χ1v) is 7.52. The summed E-state index contributed by atoms with van der Waals surface area (Å²) >= 11 is 1.52. The second kappa shape index (κ2) is 7.16. The van der Waals surface area contributed by atoms with Gasteiger partial charge in [0.15, 0.2) is 0 Å². The molecular weight excluding hydrogens is 286 g/mol. The van der Waals surface area contributed by atoms with Gasteiger partial charge in [0.2, 0.25) is 5.91 Å². The number of benzene rings is 1. The standard InChI is InChI=1S/C16H17NO3S/c1-3-4-10-17-15(19)11-14(20-12(2)18)16(17)21-13-8-6-5-7-9-13/h4-9,14,16H,1,10-11H2,2H3/t14-,16?/m0/s1. The van der Waals surface area contributed by atoms with Gasteiger partial charge >= 0.3 is 5.97 Å². The highest BCUT2D eigenvalue weighted by molar-refractivity contribution is 8.00. The van der Waals surface area contributed by atoms with E-state index >= 15 is 0 Å². The Bertz CT molecular complexity index is 566. The third kappa shape index (κ3) is 4.00. The van der Waals surface area contributed by atoms with E-state index in [9.17, 15) is 9.59 Å². The van der Waals surface area contributed by atoms with Crippen LogP contribution in [-0.4, -0.2) is 34.8 Å². The van der Waals surface area contributed by atoms with Crippen LogP contribution in [0.15, 0.2) is 53.6 Å². The summed E-state index contributed by atoms with van der Waals surface area (Å²) in [4.78, 5) is 26.1. The Morgan fingerprint density at radius 2 is 2.24 bits per heavy atom. The van der Waals surface area contributed by atoms with Gasteiger partial charge in [-0.1, -0.05) is 36.5 Å². The quantitative estimate of drug-likeness (QED) is 0.619. The number of hydrogen-bond acceptors (Lipinski definition) is 4. The van der Waals surface area contributed by atoms with Gasteiger partial charge < -0.3 is 9.64 Å². The van der Waals surface area contributed by atoms with E-state index in [1.165, 1.54) is 18.7 Å². The van der Waals surface area contributed by atoms with E-state index in [0.717, 1.165) is 4.90 Å². The van der Waals surface area contributed by atoms with E-state index < -0.39 is 6.10 Å². The summed E-state index contributed by atoms with van der Waals surface area (Å²) in [5.74, 6) is -0.395. The normalized spacial score (nSPS) is 21.0. The minimum absolute atomic E-state index is 0.0267. The number of thioether (sulfide) groups is 1. The zero-order chi connectivity index (χ0) is 15.2. The molecular formula is C16H17NO3S. The van der Waals surface area contributed by atoms with Gasteiger partial charge in [0.05, 0.1) is 6.42 Å². The van der Waals surface area contributed by atoms with Crippen molar-refractivity contribution >= 4 is 23.6 Å². The van der Waals surface area contributed by atoms with Gasteiger partial charge in [-0.15, -0.1) is 5.73 Å². The lowest BCUT2D eigenvalue weighted by atomic mass is 10.3. The first-order valence-electron chi connectivity index (χ1n) is 6.64. The first-order chi connectivity index (χ1) is 10.1. The van der Waals surface area contributed by atoms with E-state index in [2.05, 4.69) is 12.3 Å².